The van der Waals surface area contributed by atoms with E-state index in [4.69, 9.17) is 18.0 Å². The van der Waals surface area contributed by atoms with Crippen LogP contribution in [-0.4, -0.2) is 41.8 Å². The highest BCUT2D eigenvalue weighted by Gasteiger charge is 2.39. The predicted molar refractivity (Wildman–Crippen MR) is 117 cm³/mol. The fourth-order valence-electron chi connectivity index (χ4n) is 3.10. The van der Waals surface area contributed by atoms with Gasteiger partial charge in [-0.25, -0.2) is 0 Å². The summed E-state index contributed by atoms with van der Waals surface area (Å²) < 4.78 is 23.3. The van der Waals surface area contributed by atoms with Crippen LogP contribution in [0.1, 0.15) is 91.9 Å². The molecule has 0 aromatic heterocycles. The standard InChI is InChI=1S/C22H46O4Si/c1-5-9-10-11-14-17-20-23-21-18-15-12-13-16-19-22-27(24-6-2,25-7-3)26-8-4/h15,18H,5-14,16-17,19-22H2,1-4H3/b18-15+. The van der Waals surface area contributed by atoms with Crippen molar-refractivity contribution in [2.75, 3.05) is 33.0 Å². The van der Waals surface area contributed by atoms with Crippen LogP contribution in [0.4, 0.5) is 0 Å². The molecule has 0 saturated heterocycles. The van der Waals surface area contributed by atoms with Crippen molar-refractivity contribution in [1.29, 1.82) is 0 Å². The molecule has 0 heterocycles. The lowest BCUT2D eigenvalue weighted by Crippen LogP contribution is -2.45. The lowest BCUT2D eigenvalue weighted by atomic mass is 10.1. The van der Waals surface area contributed by atoms with Crippen molar-refractivity contribution in [2.45, 2.75) is 97.9 Å². The van der Waals surface area contributed by atoms with E-state index in [1.54, 1.807) is 0 Å². The van der Waals surface area contributed by atoms with Gasteiger partial charge >= 0.3 is 8.80 Å². The highest BCUT2D eigenvalue weighted by molar-refractivity contribution is 6.60. The molecule has 4 nitrogen and oxygen atoms in total. The van der Waals surface area contributed by atoms with E-state index in [0.717, 1.165) is 32.1 Å². The van der Waals surface area contributed by atoms with Crippen LogP contribution >= 0.6 is 0 Å². The van der Waals surface area contributed by atoms with Crippen molar-refractivity contribution in [1.82, 2.24) is 0 Å². The number of allylic oxidation sites excluding steroid dienone is 1. The Morgan fingerprint density at radius 1 is 0.630 bits per heavy atom. The Labute approximate surface area is 170 Å². The quantitative estimate of drug-likeness (QED) is 0.124. The molecule has 0 bridgehead atoms. The molecule has 0 fully saturated rings. The largest absolute Gasteiger partial charge is 0.500 e. The molecular weight excluding hydrogens is 356 g/mol. The second-order valence-corrected chi connectivity index (χ2v) is 9.63. The summed E-state index contributed by atoms with van der Waals surface area (Å²) in [6.45, 7) is 11.9. The van der Waals surface area contributed by atoms with Crippen molar-refractivity contribution >= 4 is 8.80 Å². The van der Waals surface area contributed by atoms with E-state index in [1.807, 2.05) is 20.8 Å². The van der Waals surface area contributed by atoms with E-state index >= 15 is 0 Å². The third kappa shape index (κ3) is 16.5. The lowest BCUT2D eigenvalue weighted by Gasteiger charge is -2.28. The van der Waals surface area contributed by atoms with E-state index in [9.17, 15) is 0 Å². The van der Waals surface area contributed by atoms with Gasteiger partial charge in [0.25, 0.3) is 0 Å². The zero-order valence-electron chi connectivity index (χ0n) is 18.6. The van der Waals surface area contributed by atoms with Gasteiger partial charge in [0.2, 0.25) is 0 Å². The maximum absolute atomic E-state index is 5.89. The lowest BCUT2D eigenvalue weighted by molar-refractivity contribution is 0.0706. The van der Waals surface area contributed by atoms with Gasteiger partial charge in [0.1, 0.15) is 0 Å². The fraction of sp³-hybridized carbons (Fsp3) is 0.909. The fourth-order valence-corrected chi connectivity index (χ4v) is 5.79. The van der Waals surface area contributed by atoms with Crippen LogP contribution in [0.25, 0.3) is 0 Å². The smallest absolute Gasteiger partial charge is 0.377 e. The molecule has 0 saturated carbocycles. The molecular formula is C22H46O4Si. The molecule has 0 radical (unpaired) electrons. The minimum Gasteiger partial charge on any atom is -0.377 e. The second-order valence-electron chi connectivity index (χ2n) is 6.90. The van der Waals surface area contributed by atoms with Crippen LogP contribution in [-0.2, 0) is 18.0 Å². The van der Waals surface area contributed by atoms with E-state index in [2.05, 4.69) is 19.1 Å². The molecule has 5 heteroatoms. The molecule has 0 aliphatic rings. The Morgan fingerprint density at radius 2 is 1.22 bits per heavy atom. The molecule has 0 rings (SSSR count). The summed E-state index contributed by atoms with van der Waals surface area (Å²) in [6, 6.07) is 0.924. The summed E-state index contributed by atoms with van der Waals surface area (Å²) in [6.07, 6.45) is 16.9. The van der Waals surface area contributed by atoms with Crippen molar-refractivity contribution in [2.24, 2.45) is 0 Å². The highest BCUT2D eigenvalue weighted by Crippen LogP contribution is 2.20. The van der Waals surface area contributed by atoms with Crippen LogP contribution in [0.3, 0.4) is 0 Å². The summed E-state index contributed by atoms with van der Waals surface area (Å²) in [4.78, 5) is 0. The van der Waals surface area contributed by atoms with Crippen molar-refractivity contribution < 1.29 is 18.0 Å². The van der Waals surface area contributed by atoms with Crippen molar-refractivity contribution in [3.8, 4) is 0 Å². The normalized spacial score (nSPS) is 12.3. The van der Waals surface area contributed by atoms with E-state index in [0.29, 0.717) is 19.8 Å². The van der Waals surface area contributed by atoms with Gasteiger partial charge in [-0.2, -0.15) is 0 Å². The molecule has 0 aromatic rings. The number of rotatable bonds is 21. The average Bonchev–Trinajstić information content (AvgIpc) is 2.65. The Bertz CT molecular complexity index is 306. The first kappa shape index (κ1) is 26.8. The third-order valence-corrected chi connectivity index (χ3v) is 7.62. The van der Waals surface area contributed by atoms with E-state index in [1.165, 1.54) is 51.4 Å². The number of ether oxygens (including phenoxy) is 1. The summed E-state index contributed by atoms with van der Waals surface area (Å²) >= 11 is 0. The van der Waals surface area contributed by atoms with Gasteiger partial charge in [-0.15, -0.1) is 0 Å². The molecule has 0 aliphatic heterocycles. The van der Waals surface area contributed by atoms with Gasteiger partial charge in [0.15, 0.2) is 0 Å². The number of hydrogen-bond donors (Lipinski definition) is 0. The van der Waals surface area contributed by atoms with Gasteiger partial charge in [0, 0.05) is 32.5 Å². The topological polar surface area (TPSA) is 36.9 Å². The summed E-state index contributed by atoms with van der Waals surface area (Å²) in [5, 5.41) is 0. The van der Waals surface area contributed by atoms with Crippen molar-refractivity contribution in [3.05, 3.63) is 12.2 Å². The minimum atomic E-state index is -2.44. The maximum atomic E-state index is 5.89. The summed E-state index contributed by atoms with van der Waals surface area (Å²) in [5.74, 6) is 0. The number of unbranched alkanes of at least 4 members (excludes halogenated alkanes) is 8. The van der Waals surface area contributed by atoms with Crippen LogP contribution in [0.15, 0.2) is 12.2 Å². The summed E-state index contributed by atoms with van der Waals surface area (Å²) in [7, 11) is -2.44. The van der Waals surface area contributed by atoms with Gasteiger partial charge in [-0.1, -0.05) is 57.6 Å². The average molecular weight is 403 g/mol. The predicted octanol–water partition coefficient (Wildman–Crippen LogP) is 6.53. The molecule has 27 heavy (non-hydrogen) atoms. The SMILES string of the molecule is CCCCCCCCOC/C=C/CCCCC[Si](OCC)(OCC)OCC. The molecule has 0 N–H and O–H groups in total. The van der Waals surface area contributed by atoms with E-state index in [-0.39, 0.29) is 0 Å². The van der Waals surface area contributed by atoms with Gasteiger partial charge in [0.05, 0.1) is 6.61 Å². The first-order chi connectivity index (χ1) is 13.2. The molecule has 0 aliphatic carbocycles. The van der Waals surface area contributed by atoms with Crippen LogP contribution < -0.4 is 0 Å². The molecule has 0 amide bonds. The highest BCUT2D eigenvalue weighted by atomic mass is 28.4. The van der Waals surface area contributed by atoms with Crippen molar-refractivity contribution in [3.63, 3.8) is 0 Å². The Morgan fingerprint density at radius 3 is 1.85 bits per heavy atom. The van der Waals surface area contributed by atoms with Gasteiger partial charge in [-0.05, 0) is 46.5 Å². The Balaban J connectivity index is 3.61. The van der Waals surface area contributed by atoms with Gasteiger partial charge < -0.3 is 18.0 Å². The Hall–Kier alpha value is -0.203. The monoisotopic (exact) mass is 402 g/mol. The number of hydrogen-bond acceptors (Lipinski definition) is 4. The summed E-state index contributed by atoms with van der Waals surface area (Å²) in [5.41, 5.74) is 0. The molecule has 0 atom stereocenters. The molecule has 0 spiro atoms. The second kappa shape index (κ2) is 20.5. The molecule has 0 aromatic carbocycles. The van der Waals surface area contributed by atoms with Gasteiger partial charge in [-0.3, -0.25) is 0 Å². The zero-order chi connectivity index (χ0) is 20.1. The first-order valence-electron chi connectivity index (χ1n) is 11.4. The van der Waals surface area contributed by atoms with Crippen LogP contribution in [0, 0.1) is 0 Å². The Kier molecular flexibility index (Phi) is 20.4. The first-order valence-corrected chi connectivity index (χ1v) is 13.3. The van der Waals surface area contributed by atoms with Crippen LogP contribution in [0.5, 0.6) is 0 Å². The van der Waals surface area contributed by atoms with E-state index < -0.39 is 8.80 Å². The third-order valence-electron chi connectivity index (χ3n) is 4.47. The van der Waals surface area contributed by atoms with Crippen LogP contribution in [0.2, 0.25) is 6.04 Å². The molecule has 0 unspecified atom stereocenters. The maximum Gasteiger partial charge on any atom is 0.500 e. The zero-order valence-corrected chi connectivity index (χ0v) is 19.6. The molecule has 162 valence electrons. The minimum absolute atomic E-state index is 0.660.